The summed E-state index contributed by atoms with van der Waals surface area (Å²) < 4.78 is 10.7. The number of nitrogens with two attached hydrogens (primary N) is 1. The molecule has 1 aromatic heterocycles. The molecule has 1 aliphatic carbocycles. The van der Waals surface area contributed by atoms with Gasteiger partial charge in [0, 0.05) is 18.0 Å². The molecule has 1 aliphatic rings. The summed E-state index contributed by atoms with van der Waals surface area (Å²) in [5, 5.41) is 6.97. The second-order valence-electron chi connectivity index (χ2n) is 6.63. The van der Waals surface area contributed by atoms with E-state index in [1.807, 2.05) is 6.92 Å². The minimum absolute atomic E-state index is 0. The van der Waals surface area contributed by atoms with Gasteiger partial charge in [-0.1, -0.05) is 24.9 Å². The lowest BCUT2D eigenvalue weighted by atomic mass is 9.84. The number of aryl methyl sites for hydroxylation is 1. The molecule has 2 aromatic rings. The Balaban J connectivity index is 0.00000261. The van der Waals surface area contributed by atoms with Gasteiger partial charge in [0.25, 0.3) is 5.91 Å². The summed E-state index contributed by atoms with van der Waals surface area (Å²) in [5.41, 5.74) is 6.45. The largest absolute Gasteiger partial charge is 0.485 e. The van der Waals surface area contributed by atoms with Crippen LogP contribution >= 0.6 is 12.4 Å². The Kier molecular flexibility index (Phi) is 8.06. The summed E-state index contributed by atoms with van der Waals surface area (Å²) in [7, 11) is 0. The van der Waals surface area contributed by atoms with E-state index in [1.165, 1.54) is 6.42 Å². The summed E-state index contributed by atoms with van der Waals surface area (Å²) in [6.45, 7) is 2.80. The summed E-state index contributed by atoms with van der Waals surface area (Å²) >= 11 is 0. The van der Waals surface area contributed by atoms with Crippen LogP contribution in [-0.2, 0) is 13.0 Å². The fourth-order valence-electron chi connectivity index (χ4n) is 3.27. The molecule has 1 amide bonds. The first-order chi connectivity index (χ1) is 12.7. The highest BCUT2D eigenvalue weighted by molar-refractivity contribution is 5.94. The van der Waals surface area contributed by atoms with Gasteiger partial charge in [-0.2, -0.15) is 4.98 Å². The minimum Gasteiger partial charge on any atom is -0.485 e. The van der Waals surface area contributed by atoms with Crippen molar-refractivity contribution in [1.29, 1.82) is 0 Å². The fraction of sp³-hybridized carbons (Fsp3) is 0.526. The molecule has 0 saturated heterocycles. The number of hydrogen-bond acceptors (Lipinski definition) is 6. The SMILES string of the molecule is CCc1nc(COc2ccc(C(=O)NC3CCCCC3CN)cc2)no1.Cl. The second kappa shape index (κ2) is 10.3. The third-order valence-corrected chi connectivity index (χ3v) is 4.83. The number of benzene rings is 1. The van der Waals surface area contributed by atoms with Crippen molar-refractivity contribution in [1.82, 2.24) is 15.5 Å². The molecule has 1 saturated carbocycles. The highest BCUT2D eigenvalue weighted by atomic mass is 35.5. The molecule has 0 aliphatic heterocycles. The van der Waals surface area contributed by atoms with Crippen LogP contribution < -0.4 is 15.8 Å². The van der Waals surface area contributed by atoms with Crippen LogP contribution in [0.4, 0.5) is 0 Å². The molecule has 2 unspecified atom stereocenters. The molecule has 3 N–H and O–H groups in total. The van der Waals surface area contributed by atoms with Gasteiger partial charge in [-0.25, -0.2) is 0 Å². The molecule has 1 heterocycles. The number of nitrogens with zero attached hydrogens (tertiary/aromatic N) is 2. The van der Waals surface area contributed by atoms with E-state index in [1.54, 1.807) is 24.3 Å². The molecule has 8 heteroatoms. The molecule has 0 bridgehead atoms. The molecule has 0 spiro atoms. The van der Waals surface area contributed by atoms with Crippen LogP contribution in [0.3, 0.4) is 0 Å². The highest BCUT2D eigenvalue weighted by Gasteiger charge is 2.25. The van der Waals surface area contributed by atoms with E-state index in [-0.39, 0.29) is 31.0 Å². The monoisotopic (exact) mass is 394 g/mol. The van der Waals surface area contributed by atoms with Crippen LogP contribution in [0.5, 0.6) is 5.75 Å². The molecule has 0 radical (unpaired) electrons. The van der Waals surface area contributed by atoms with Gasteiger partial charge in [0.1, 0.15) is 5.75 Å². The first-order valence-corrected chi connectivity index (χ1v) is 9.25. The maximum absolute atomic E-state index is 12.5. The summed E-state index contributed by atoms with van der Waals surface area (Å²) in [6.07, 6.45) is 5.12. The molecule has 7 nitrogen and oxygen atoms in total. The zero-order valence-electron chi connectivity index (χ0n) is 15.5. The lowest BCUT2D eigenvalue weighted by molar-refractivity contribution is 0.0908. The van der Waals surface area contributed by atoms with Crippen LogP contribution in [0.2, 0.25) is 0 Å². The predicted molar refractivity (Wildman–Crippen MR) is 104 cm³/mol. The van der Waals surface area contributed by atoms with Gasteiger partial charge in [-0.3, -0.25) is 4.79 Å². The molecule has 2 atom stereocenters. The van der Waals surface area contributed by atoms with Gasteiger partial charge < -0.3 is 20.3 Å². The number of nitrogens with one attached hydrogen (secondary N) is 1. The highest BCUT2D eigenvalue weighted by Crippen LogP contribution is 2.24. The Morgan fingerprint density at radius 3 is 2.70 bits per heavy atom. The zero-order valence-corrected chi connectivity index (χ0v) is 16.3. The Morgan fingerprint density at radius 1 is 1.30 bits per heavy atom. The van der Waals surface area contributed by atoms with Crippen molar-refractivity contribution in [3.05, 3.63) is 41.5 Å². The summed E-state index contributed by atoms with van der Waals surface area (Å²) in [6, 6.07) is 7.24. The van der Waals surface area contributed by atoms with Crippen LogP contribution in [0.25, 0.3) is 0 Å². The van der Waals surface area contributed by atoms with Crippen molar-refractivity contribution in [3.8, 4) is 5.75 Å². The van der Waals surface area contributed by atoms with E-state index in [0.717, 1.165) is 19.3 Å². The van der Waals surface area contributed by atoms with Gasteiger partial charge in [0.05, 0.1) is 0 Å². The number of halogens is 1. The van der Waals surface area contributed by atoms with Gasteiger partial charge in [-0.15, -0.1) is 12.4 Å². The molecule has 1 fully saturated rings. The first kappa shape index (κ1) is 21.2. The average Bonchev–Trinajstić information content (AvgIpc) is 3.15. The maximum Gasteiger partial charge on any atom is 0.251 e. The lowest BCUT2D eigenvalue weighted by Crippen LogP contribution is -2.44. The number of rotatable bonds is 7. The topological polar surface area (TPSA) is 103 Å². The standard InChI is InChI=1S/C19H26N4O3.ClH/c1-2-18-22-17(23-26-18)12-25-15-9-7-13(8-10-15)19(24)21-16-6-4-3-5-14(16)11-20;/h7-10,14,16H,2-6,11-12,20H2,1H3,(H,21,24);1H. The third kappa shape index (κ3) is 5.68. The number of carbonyl (C=O) groups is 1. The Labute approximate surface area is 165 Å². The molecule has 27 heavy (non-hydrogen) atoms. The van der Waals surface area contributed by atoms with Crippen LogP contribution in [0.1, 0.15) is 54.7 Å². The van der Waals surface area contributed by atoms with Gasteiger partial charge in [0.2, 0.25) is 11.7 Å². The number of amides is 1. The van der Waals surface area contributed by atoms with Crippen LogP contribution in [0.15, 0.2) is 28.8 Å². The van der Waals surface area contributed by atoms with Crippen molar-refractivity contribution in [2.45, 2.75) is 51.7 Å². The zero-order chi connectivity index (χ0) is 18.4. The minimum atomic E-state index is -0.0624. The second-order valence-corrected chi connectivity index (χ2v) is 6.63. The maximum atomic E-state index is 12.5. The van der Waals surface area contributed by atoms with Crippen molar-refractivity contribution in [2.75, 3.05) is 6.54 Å². The lowest BCUT2D eigenvalue weighted by Gasteiger charge is -2.31. The van der Waals surface area contributed by atoms with E-state index < -0.39 is 0 Å². The quantitative estimate of drug-likeness (QED) is 0.748. The summed E-state index contributed by atoms with van der Waals surface area (Å²) in [4.78, 5) is 16.7. The third-order valence-electron chi connectivity index (χ3n) is 4.83. The molecule has 1 aromatic carbocycles. The summed E-state index contributed by atoms with van der Waals surface area (Å²) in [5.74, 6) is 2.07. The fourth-order valence-corrected chi connectivity index (χ4v) is 3.27. The van der Waals surface area contributed by atoms with E-state index >= 15 is 0 Å². The van der Waals surface area contributed by atoms with E-state index in [0.29, 0.717) is 41.9 Å². The predicted octanol–water partition coefficient (Wildman–Crippen LogP) is 2.88. The smallest absolute Gasteiger partial charge is 0.251 e. The Bertz CT molecular complexity index is 720. The number of carbonyl (C=O) groups excluding carboxylic acids is 1. The normalized spacial score (nSPS) is 19.2. The molecular formula is C19H27ClN4O3. The van der Waals surface area contributed by atoms with Crippen LogP contribution in [-0.4, -0.2) is 28.6 Å². The van der Waals surface area contributed by atoms with Crippen molar-refractivity contribution >= 4 is 18.3 Å². The molecular weight excluding hydrogens is 368 g/mol. The Morgan fingerprint density at radius 2 is 2.04 bits per heavy atom. The van der Waals surface area contributed by atoms with Gasteiger partial charge in [-0.05, 0) is 49.6 Å². The van der Waals surface area contributed by atoms with Crippen LogP contribution in [0, 0.1) is 5.92 Å². The van der Waals surface area contributed by atoms with Crippen molar-refractivity contribution in [2.24, 2.45) is 11.7 Å². The number of hydrogen-bond donors (Lipinski definition) is 2. The number of ether oxygens (including phenoxy) is 1. The Hall–Kier alpha value is -2.12. The van der Waals surface area contributed by atoms with Crippen molar-refractivity contribution in [3.63, 3.8) is 0 Å². The first-order valence-electron chi connectivity index (χ1n) is 9.25. The van der Waals surface area contributed by atoms with Gasteiger partial charge >= 0.3 is 0 Å². The van der Waals surface area contributed by atoms with Crippen molar-refractivity contribution < 1.29 is 14.1 Å². The molecule has 3 rings (SSSR count). The average molecular weight is 395 g/mol. The number of aromatic nitrogens is 2. The molecule has 148 valence electrons. The van der Waals surface area contributed by atoms with Gasteiger partial charge in [0.15, 0.2) is 6.61 Å². The van der Waals surface area contributed by atoms with E-state index in [4.69, 9.17) is 15.0 Å². The van der Waals surface area contributed by atoms with E-state index in [9.17, 15) is 4.79 Å². The van der Waals surface area contributed by atoms with E-state index in [2.05, 4.69) is 15.5 Å².